The summed E-state index contributed by atoms with van der Waals surface area (Å²) in [5.41, 5.74) is 4.05. The van der Waals surface area contributed by atoms with Crippen molar-refractivity contribution in [2.75, 3.05) is 6.54 Å². The van der Waals surface area contributed by atoms with Gasteiger partial charge in [0.25, 0.3) is 5.91 Å². The van der Waals surface area contributed by atoms with Gasteiger partial charge in [-0.25, -0.2) is 4.39 Å². The van der Waals surface area contributed by atoms with E-state index in [1.807, 2.05) is 39.2 Å². The van der Waals surface area contributed by atoms with Gasteiger partial charge >= 0.3 is 0 Å². The number of benzene rings is 1. The van der Waals surface area contributed by atoms with E-state index < -0.39 is 0 Å². The molecule has 0 saturated carbocycles. The first-order chi connectivity index (χ1) is 13.1. The maximum atomic E-state index is 14.3. The van der Waals surface area contributed by atoms with Gasteiger partial charge < -0.3 is 9.47 Å². The summed E-state index contributed by atoms with van der Waals surface area (Å²) >= 11 is 0. The standard InChI is InChI=1S/C21H26FN5O/c1-11(2)23-15(6)19-24-25-20-16(7)26(8-9-27(19)20)21(28)17-10-18(22)14(5)12(3)13(17)4/h10,16H,1,8-9H2,2-7H3. The van der Waals surface area contributed by atoms with Gasteiger partial charge in [-0.15, -0.1) is 10.2 Å². The number of amides is 1. The molecule has 1 atom stereocenters. The van der Waals surface area contributed by atoms with Crippen LogP contribution in [0.5, 0.6) is 0 Å². The number of hydrogen-bond donors (Lipinski definition) is 0. The number of carbonyl (C=O) groups is 1. The average Bonchev–Trinajstić information content (AvgIpc) is 3.07. The molecule has 0 bridgehead atoms. The molecule has 2 heterocycles. The maximum Gasteiger partial charge on any atom is 0.254 e. The Kier molecular flexibility index (Phi) is 5.19. The fourth-order valence-corrected chi connectivity index (χ4v) is 3.65. The number of aliphatic imine (C=N–C) groups is 1. The molecule has 7 heteroatoms. The second-order valence-corrected chi connectivity index (χ2v) is 7.42. The van der Waals surface area contributed by atoms with Crippen LogP contribution >= 0.6 is 0 Å². The minimum absolute atomic E-state index is 0.185. The molecule has 1 aliphatic rings. The van der Waals surface area contributed by atoms with Crippen LogP contribution in [0.4, 0.5) is 4.39 Å². The quantitative estimate of drug-likeness (QED) is 0.755. The minimum atomic E-state index is -0.354. The van der Waals surface area contributed by atoms with Crippen molar-refractivity contribution in [2.24, 2.45) is 4.99 Å². The lowest BCUT2D eigenvalue weighted by Gasteiger charge is -2.34. The highest BCUT2D eigenvalue weighted by atomic mass is 19.1. The number of fused-ring (bicyclic) bond motifs is 1. The van der Waals surface area contributed by atoms with Crippen LogP contribution in [0.25, 0.3) is 0 Å². The van der Waals surface area contributed by atoms with Crippen molar-refractivity contribution in [3.8, 4) is 0 Å². The van der Waals surface area contributed by atoms with Crippen LogP contribution in [-0.4, -0.2) is 37.8 Å². The van der Waals surface area contributed by atoms with Crippen LogP contribution in [0.1, 0.15) is 65.5 Å². The van der Waals surface area contributed by atoms with Crippen LogP contribution in [0, 0.1) is 26.6 Å². The Balaban J connectivity index is 1.96. The second-order valence-electron chi connectivity index (χ2n) is 7.42. The summed E-state index contributed by atoms with van der Waals surface area (Å²) in [7, 11) is 0. The highest BCUT2D eigenvalue weighted by Gasteiger charge is 2.33. The maximum absolute atomic E-state index is 14.3. The molecular weight excluding hydrogens is 357 g/mol. The van der Waals surface area contributed by atoms with E-state index in [4.69, 9.17) is 0 Å². The summed E-state index contributed by atoms with van der Waals surface area (Å²) in [6, 6.07) is 1.07. The zero-order chi connectivity index (χ0) is 20.7. The normalized spacial score (nSPS) is 16.9. The molecule has 1 aromatic heterocycles. The smallest absolute Gasteiger partial charge is 0.254 e. The number of aromatic nitrogens is 3. The SMILES string of the molecule is C=C(C)N=C(C)c1nnc2n1CCN(C(=O)c1cc(F)c(C)c(C)c1C)C2C. The van der Waals surface area contributed by atoms with E-state index >= 15 is 0 Å². The zero-order valence-electron chi connectivity index (χ0n) is 17.3. The van der Waals surface area contributed by atoms with Crippen molar-refractivity contribution in [2.45, 2.75) is 54.1 Å². The van der Waals surface area contributed by atoms with Crippen LogP contribution in [0.15, 0.2) is 23.3 Å². The first-order valence-corrected chi connectivity index (χ1v) is 9.35. The average molecular weight is 383 g/mol. The van der Waals surface area contributed by atoms with Gasteiger partial charge in [-0.05, 0) is 64.3 Å². The molecule has 2 aromatic rings. The summed E-state index contributed by atoms with van der Waals surface area (Å²) in [6.07, 6.45) is 0. The Bertz CT molecular complexity index is 1000. The highest BCUT2D eigenvalue weighted by molar-refractivity contribution is 5.97. The first-order valence-electron chi connectivity index (χ1n) is 9.35. The molecule has 0 radical (unpaired) electrons. The van der Waals surface area contributed by atoms with E-state index in [9.17, 15) is 9.18 Å². The van der Waals surface area contributed by atoms with Gasteiger partial charge in [0.05, 0.1) is 11.8 Å². The second kappa shape index (κ2) is 7.30. The summed E-state index contributed by atoms with van der Waals surface area (Å²) in [6.45, 7) is 15.9. The lowest BCUT2D eigenvalue weighted by atomic mass is 9.97. The molecule has 1 aliphatic heterocycles. The molecule has 0 saturated heterocycles. The molecule has 0 spiro atoms. The van der Waals surface area contributed by atoms with E-state index in [1.165, 1.54) is 6.07 Å². The predicted molar refractivity (Wildman–Crippen MR) is 107 cm³/mol. The van der Waals surface area contributed by atoms with Gasteiger partial charge in [0.2, 0.25) is 0 Å². The Morgan fingerprint density at radius 1 is 1.18 bits per heavy atom. The molecule has 1 aromatic carbocycles. The Labute approximate surface area is 164 Å². The Morgan fingerprint density at radius 3 is 2.50 bits per heavy atom. The number of hydrogen-bond acceptors (Lipinski definition) is 4. The van der Waals surface area contributed by atoms with Crippen LogP contribution in [0.2, 0.25) is 0 Å². The van der Waals surface area contributed by atoms with Crippen LogP contribution in [-0.2, 0) is 6.54 Å². The van der Waals surface area contributed by atoms with Gasteiger partial charge in [0.15, 0.2) is 11.6 Å². The van der Waals surface area contributed by atoms with E-state index in [2.05, 4.69) is 21.8 Å². The van der Waals surface area contributed by atoms with Gasteiger partial charge in [-0.2, -0.15) is 0 Å². The van der Waals surface area contributed by atoms with Crippen molar-refractivity contribution in [3.63, 3.8) is 0 Å². The molecule has 148 valence electrons. The van der Waals surface area contributed by atoms with Crippen molar-refractivity contribution in [1.82, 2.24) is 19.7 Å². The van der Waals surface area contributed by atoms with Gasteiger partial charge in [-0.3, -0.25) is 9.79 Å². The van der Waals surface area contributed by atoms with Crippen LogP contribution in [0.3, 0.4) is 0 Å². The first kappa shape index (κ1) is 19.9. The number of rotatable bonds is 3. The van der Waals surface area contributed by atoms with Gasteiger partial charge in [0.1, 0.15) is 5.82 Å². The summed E-state index contributed by atoms with van der Waals surface area (Å²) in [5.74, 6) is 0.849. The van der Waals surface area contributed by atoms with Gasteiger partial charge in [-0.1, -0.05) is 6.58 Å². The third kappa shape index (κ3) is 3.25. The zero-order valence-corrected chi connectivity index (χ0v) is 17.3. The fraction of sp³-hybridized carbons (Fsp3) is 0.429. The van der Waals surface area contributed by atoms with E-state index in [1.54, 1.807) is 11.8 Å². The topological polar surface area (TPSA) is 63.4 Å². The molecule has 0 fully saturated rings. The lowest BCUT2D eigenvalue weighted by molar-refractivity contribution is 0.0636. The lowest BCUT2D eigenvalue weighted by Crippen LogP contribution is -2.42. The monoisotopic (exact) mass is 383 g/mol. The fourth-order valence-electron chi connectivity index (χ4n) is 3.65. The third-order valence-electron chi connectivity index (χ3n) is 5.52. The van der Waals surface area contributed by atoms with Crippen molar-refractivity contribution < 1.29 is 9.18 Å². The van der Waals surface area contributed by atoms with Crippen molar-refractivity contribution >= 4 is 11.6 Å². The minimum Gasteiger partial charge on any atom is -0.327 e. The molecule has 0 N–H and O–H groups in total. The largest absolute Gasteiger partial charge is 0.327 e. The van der Waals surface area contributed by atoms with Gasteiger partial charge in [0, 0.05) is 24.4 Å². The van der Waals surface area contributed by atoms with Crippen LogP contribution < -0.4 is 0 Å². The summed E-state index contributed by atoms with van der Waals surface area (Å²) in [5, 5.41) is 8.57. The Morgan fingerprint density at radius 2 is 1.86 bits per heavy atom. The molecule has 6 nitrogen and oxygen atoms in total. The molecular formula is C21H26FN5O. The Hall–Kier alpha value is -2.83. The number of halogens is 1. The molecule has 3 rings (SSSR count). The van der Waals surface area contributed by atoms with Crippen molar-refractivity contribution in [1.29, 1.82) is 0 Å². The third-order valence-corrected chi connectivity index (χ3v) is 5.52. The molecule has 0 aliphatic carbocycles. The molecule has 1 amide bonds. The summed E-state index contributed by atoms with van der Waals surface area (Å²) < 4.78 is 16.3. The predicted octanol–water partition coefficient (Wildman–Crippen LogP) is 3.90. The van der Waals surface area contributed by atoms with E-state index in [0.717, 1.165) is 16.8 Å². The summed E-state index contributed by atoms with van der Waals surface area (Å²) in [4.78, 5) is 19.3. The van der Waals surface area contributed by atoms with E-state index in [-0.39, 0.29) is 17.8 Å². The van der Waals surface area contributed by atoms with Crippen molar-refractivity contribution in [3.05, 3.63) is 58.1 Å². The molecule has 28 heavy (non-hydrogen) atoms. The molecule has 1 unspecified atom stereocenters. The number of carbonyl (C=O) groups excluding carboxylic acids is 1. The number of nitrogens with zero attached hydrogens (tertiary/aromatic N) is 5. The van der Waals surface area contributed by atoms with E-state index in [0.29, 0.717) is 41.6 Å². The number of allylic oxidation sites excluding steroid dienone is 1. The highest BCUT2D eigenvalue weighted by Crippen LogP contribution is 2.29.